The number of esters is 1. The average molecular weight is 560 g/mol. The molecule has 33 heavy (non-hydrogen) atoms. The molecule has 0 spiro atoms. The van der Waals surface area contributed by atoms with Crippen LogP contribution < -0.4 is 14.6 Å². The van der Waals surface area contributed by atoms with Crippen LogP contribution in [0.3, 0.4) is 0 Å². The molecule has 4 aromatic rings. The smallest absolute Gasteiger partial charge is 0.340 e. The maximum Gasteiger partial charge on any atom is 0.340 e. The number of methoxy groups -OCH3 is 2. The number of hydrogen-bond donors (Lipinski definition) is 1. The predicted octanol–water partition coefficient (Wildman–Crippen LogP) is 5.11. The lowest BCUT2D eigenvalue weighted by Gasteiger charge is -2.14. The van der Waals surface area contributed by atoms with Gasteiger partial charge in [-0.3, -0.25) is 0 Å². The summed E-state index contributed by atoms with van der Waals surface area (Å²) < 4.78 is 31.0. The van der Waals surface area contributed by atoms with E-state index in [-0.39, 0.29) is 11.3 Å². The van der Waals surface area contributed by atoms with Crippen LogP contribution in [-0.4, -0.2) is 24.8 Å². The van der Waals surface area contributed by atoms with Crippen molar-refractivity contribution < 1.29 is 23.2 Å². The Labute approximate surface area is 205 Å². The summed E-state index contributed by atoms with van der Waals surface area (Å²) in [6.45, 7) is 2.39. The first kappa shape index (κ1) is 23.0. The second kappa shape index (κ2) is 9.38. The van der Waals surface area contributed by atoms with Crippen molar-refractivity contribution in [1.82, 2.24) is 4.57 Å². The molecule has 3 aromatic carbocycles. The number of ether oxygens (including phenoxy) is 2. The highest BCUT2D eigenvalue weighted by atomic mass is 127. The summed E-state index contributed by atoms with van der Waals surface area (Å²) >= 11 is 2.23. The van der Waals surface area contributed by atoms with Crippen LogP contribution in [0.2, 0.25) is 0 Å². The maximum absolute atomic E-state index is 16.1. The number of fused-ring (bicyclic) bond motifs is 1. The third-order valence-electron chi connectivity index (χ3n) is 5.57. The zero-order valence-electron chi connectivity index (χ0n) is 18.8. The summed E-state index contributed by atoms with van der Waals surface area (Å²) in [6.07, 6.45) is 1.82. The lowest BCUT2D eigenvalue weighted by molar-refractivity contribution is -0.664. The van der Waals surface area contributed by atoms with Crippen molar-refractivity contribution >= 4 is 51.0 Å². The highest BCUT2D eigenvalue weighted by molar-refractivity contribution is 14.1. The minimum absolute atomic E-state index is 0.0911. The predicted molar refractivity (Wildman–Crippen MR) is 134 cm³/mol. The molecule has 1 aromatic heterocycles. The summed E-state index contributed by atoms with van der Waals surface area (Å²) in [6, 6.07) is 15.1. The molecule has 0 aliphatic heterocycles. The van der Waals surface area contributed by atoms with Crippen molar-refractivity contribution in [2.75, 3.05) is 19.5 Å². The largest absolute Gasteiger partial charge is 0.497 e. The Bertz CT molecular complexity index is 1350. The van der Waals surface area contributed by atoms with E-state index in [0.717, 1.165) is 26.1 Å². The van der Waals surface area contributed by atoms with Gasteiger partial charge in [-0.2, -0.15) is 4.39 Å². The number of halogens is 2. The molecule has 170 valence electrons. The molecule has 6 nitrogen and oxygen atoms in total. The summed E-state index contributed by atoms with van der Waals surface area (Å²) in [7, 11) is 4.73. The van der Waals surface area contributed by atoms with Crippen molar-refractivity contribution in [2.24, 2.45) is 7.05 Å². The van der Waals surface area contributed by atoms with Crippen molar-refractivity contribution in [2.45, 2.75) is 13.5 Å². The Hall–Kier alpha value is -3.14. The Morgan fingerprint density at radius 2 is 1.88 bits per heavy atom. The topological polar surface area (TPSA) is 56.4 Å². The number of imidazole rings is 1. The molecule has 0 aliphatic rings. The summed E-state index contributed by atoms with van der Waals surface area (Å²) in [4.78, 5) is 12.6. The first-order valence-electron chi connectivity index (χ1n) is 10.3. The van der Waals surface area contributed by atoms with E-state index in [2.05, 4.69) is 27.9 Å². The number of nitrogens with zero attached hydrogens (tertiary/aromatic N) is 2. The normalized spacial score (nSPS) is 11.0. The number of aromatic nitrogens is 2. The molecular weight excluding hydrogens is 536 g/mol. The van der Waals surface area contributed by atoms with E-state index in [1.165, 1.54) is 7.11 Å². The lowest BCUT2D eigenvalue weighted by atomic mass is 10.1. The Kier molecular flexibility index (Phi) is 6.55. The first-order chi connectivity index (χ1) is 15.8. The molecule has 0 amide bonds. The molecule has 0 bridgehead atoms. The van der Waals surface area contributed by atoms with Gasteiger partial charge < -0.3 is 14.8 Å². The van der Waals surface area contributed by atoms with Gasteiger partial charge in [0.1, 0.15) is 12.3 Å². The van der Waals surface area contributed by atoms with Crippen molar-refractivity contribution in [3.05, 3.63) is 80.9 Å². The molecule has 0 saturated heterocycles. The molecule has 0 atom stereocenters. The summed E-state index contributed by atoms with van der Waals surface area (Å²) in [5.74, 6) is -0.362. The highest BCUT2D eigenvalue weighted by Gasteiger charge is 2.27. The number of carbonyl (C=O) groups excluding carboxylic acids is 1. The van der Waals surface area contributed by atoms with E-state index < -0.39 is 11.8 Å². The van der Waals surface area contributed by atoms with Crippen LogP contribution in [0.5, 0.6) is 5.75 Å². The van der Waals surface area contributed by atoms with Gasteiger partial charge in [0, 0.05) is 15.3 Å². The molecule has 4 rings (SSSR count). The molecular formula is C25H24FIN3O3+. The first-order valence-corrected chi connectivity index (χ1v) is 11.4. The van der Waals surface area contributed by atoms with E-state index in [4.69, 9.17) is 9.47 Å². The van der Waals surface area contributed by atoms with Gasteiger partial charge in [0.15, 0.2) is 11.3 Å². The monoisotopic (exact) mass is 560 g/mol. The van der Waals surface area contributed by atoms with E-state index >= 15 is 4.39 Å². The van der Waals surface area contributed by atoms with E-state index in [1.54, 1.807) is 17.7 Å². The average Bonchev–Trinajstić information content (AvgIpc) is 3.12. The van der Waals surface area contributed by atoms with Crippen molar-refractivity contribution in [1.29, 1.82) is 0 Å². The van der Waals surface area contributed by atoms with E-state index in [9.17, 15) is 4.79 Å². The quantitative estimate of drug-likeness (QED) is 0.203. The van der Waals surface area contributed by atoms with Gasteiger partial charge in [-0.1, -0.05) is 12.1 Å². The van der Waals surface area contributed by atoms with Crippen LogP contribution in [-0.2, 0) is 18.3 Å². The fourth-order valence-electron chi connectivity index (χ4n) is 3.84. The fraction of sp³-hybridized carbons (Fsp3) is 0.200. The highest BCUT2D eigenvalue weighted by Crippen LogP contribution is 2.32. The van der Waals surface area contributed by atoms with Crippen LogP contribution in [0.4, 0.5) is 15.8 Å². The third-order valence-corrected chi connectivity index (χ3v) is 6.24. The molecule has 0 aliphatic carbocycles. The standard InChI is InChI=1S/C25H23FIN3O3/c1-15-11-17(27)7-10-20(15)28-23-19(25(31)33-4)12-21-24(22(23)26)30(14-29(21)2)13-16-5-8-18(32-3)9-6-16/h5-12,14H,13H2,1-4H3/p+1. The van der Waals surface area contributed by atoms with Gasteiger partial charge in [-0.15, -0.1) is 0 Å². The van der Waals surface area contributed by atoms with Gasteiger partial charge in [-0.25, -0.2) is 13.9 Å². The van der Waals surface area contributed by atoms with Gasteiger partial charge in [0.25, 0.3) is 0 Å². The van der Waals surface area contributed by atoms with Crippen LogP contribution in [0.15, 0.2) is 54.9 Å². The van der Waals surface area contributed by atoms with Crippen LogP contribution >= 0.6 is 22.6 Å². The molecule has 0 unspecified atom stereocenters. The number of benzene rings is 3. The molecule has 0 radical (unpaired) electrons. The minimum Gasteiger partial charge on any atom is -0.497 e. The molecule has 1 heterocycles. The number of hydrogen-bond acceptors (Lipinski definition) is 4. The molecule has 8 heteroatoms. The number of aryl methyl sites for hydroxylation is 2. The number of nitrogens with one attached hydrogen (secondary N) is 1. The molecule has 0 saturated carbocycles. The third kappa shape index (κ3) is 4.52. The van der Waals surface area contributed by atoms with E-state index in [1.807, 2.05) is 67.3 Å². The van der Waals surface area contributed by atoms with Crippen LogP contribution in [0.1, 0.15) is 21.5 Å². The molecule has 0 fully saturated rings. The lowest BCUT2D eigenvalue weighted by Crippen LogP contribution is -2.33. The van der Waals surface area contributed by atoms with Crippen LogP contribution in [0, 0.1) is 16.3 Å². The zero-order valence-corrected chi connectivity index (χ0v) is 20.9. The van der Waals surface area contributed by atoms with E-state index in [0.29, 0.717) is 17.6 Å². The number of anilines is 2. The minimum atomic E-state index is -0.607. The second-order valence-electron chi connectivity index (χ2n) is 7.76. The van der Waals surface area contributed by atoms with Crippen molar-refractivity contribution in [3.63, 3.8) is 0 Å². The SMILES string of the molecule is COC(=O)c1cc2c(c(F)c1Nc1ccc(I)cc1C)[n+](Cc1ccc(OC)cc1)cn2C. The second-order valence-corrected chi connectivity index (χ2v) is 9.00. The number of rotatable bonds is 6. The van der Waals surface area contributed by atoms with Gasteiger partial charge in [0.2, 0.25) is 11.8 Å². The Morgan fingerprint density at radius 3 is 2.52 bits per heavy atom. The summed E-state index contributed by atoms with van der Waals surface area (Å²) in [5, 5.41) is 3.14. The van der Waals surface area contributed by atoms with Crippen LogP contribution in [0.25, 0.3) is 11.0 Å². The van der Waals surface area contributed by atoms with Gasteiger partial charge >= 0.3 is 5.97 Å². The number of carbonyl (C=O) groups is 1. The van der Waals surface area contributed by atoms with Crippen molar-refractivity contribution in [3.8, 4) is 5.75 Å². The maximum atomic E-state index is 16.1. The Balaban J connectivity index is 1.86. The molecule has 1 N–H and O–H groups in total. The summed E-state index contributed by atoms with van der Waals surface area (Å²) in [5.41, 5.74) is 3.87. The van der Waals surface area contributed by atoms with Gasteiger partial charge in [-0.05, 0) is 71.0 Å². The van der Waals surface area contributed by atoms with Gasteiger partial charge in [0.05, 0.1) is 32.5 Å². The Morgan fingerprint density at radius 1 is 1.15 bits per heavy atom. The zero-order chi connectivity index (χ0) is 23.7. The fourth-order valence-corrected chi connectivity index (χ4v) is 4.49.